The number of nitrogens with one attached hydrogen (secondary N) is 1. The molecule has 0 aliphatic rings. The van der Waals surface area contributed by atoms with Gasteiger partial charge >= 0.3 is 5.69 Å². The molecule has 1 aromatic heterocycles. The summed E-state index contributed by atoms with van der Waals surface area (Å²) in [6.45, 7) is 4.43. The van der Waals surface area contributed by atoms with Crippen LogP contribution in [0.4, 0.5) is 0 Å². The Bertz CT molecular complexity index is 434. The van der Waals surface area contributed by atoms with Gasteiger partial charge in [-0.05, 0) is 25.9 Å². The predicted octanol–water partition coefficient (Wildman–Crippen LogP) is -0.0633. The first-order valence-electron chi connectivity index (χ1n) is 5.64. The summed E-state index contributed by atoms with van der Waals surface area (Å²) in [6.07, 6.45) is 3.31. The van der Waals surface area contributed by atoms with Gasteiger partial charge in [-0.25, -0.2) is 4.79 Å². The van der Waals surface area contributed by atoms with Gasteiger partial charge in [0, 0.05) is 25.9 Å². The van der Waals surface area contributed by atoms with Gasteiger partial charge in [-0.3, -0.25) is 9.36 Å². The van der Waals surface area contributed by atoms with Gasteiger partial charge in [-0.2, -0.15) is 0 Å². The first kappa shape index (κ1) is 12.7. The summed E-state index contributed by atoms with van der Waals surface area (Å²) in [7, 11) is 1.65. The lowest BCUT2D eigenvalue weighted by atomic mass is 10.3. The Morgan fingerprint density at radius 3 is 2.75 bits per heavy atom. The van der Waals surface area contributed by atoms with Crippen LogP contribution in [0.5, 0.6) is 0 Å². The average molecular weight is 225 g/mol. The number of nitrogens with zero attached hydrogens (tertiary/aromatic N) is 2. The van der Waals surface area contributed by atoms with Crippen LogP contribution in [0.15, 0.2) is 21.9 Å². The maximum absolute atomic E-state index is 11.6. The van der Waals surface area contributed by atoms with E-state index in [0.29, 0.717) is 6.54 Å². The lowest BCUT2D eigenvalue weighted by Crippen LogP contribution is -2.38. The molecule has 0 aromatic carbocycles. The molecule has 0 unspecified atom stereocenters. The fraction of sp³-hybridized carbons (Fsp3) is 0.636. The molecular formula is C11H19N3O2. The van der Waals surface area contributed by atoms with Gasteiger partial charge in [0.15, 0.2) is 0 Å². The van der Waals surface area contributed by atoms with Gasteiger partial charge < -0.3 is 9.88 Å². The zero-order valence-corrected chi connectivity index (χ0v) is 9.90. The van der Waals surface area contributed by atoms with Crippen molar-refractivity contribution >= 4 is 0 Å². The van der Waals surface area contributed by atoms with Crippen molar-refractivity contribution < 1.29 is 0 Å². The SMILES string of the molecule is CCNCCCCn1c(=O)ccn(C)c1=O. The number of hydrogen-bond donors (Lipinski definition) is 1. The van der Waals surface area contributed by atoms with Crippen molar-refractivity contribution in [1.82, 2.24) is 14.5 Å². The first-order valence-corrected chi connectivity index (χ1v) is 5.64. The van der Waals surface area contributed by atoms with E-state index in [1.54, 1.807) is 7.05 Å². The minimum atomic E-state index is -0.240. The molecule has 0 radical (unpaired) electrons. The Morgan fingerprint density at radius 1 is 1.31 bits per heavy atom. The van der Waals surface area contributed by atoms with Gasteiger partial charge in [-0.15, -0.1) is 0 Å². The molecule has 0 aliphatic carbocycles. The third-order valence-corrected chi connectivity index (χ3v) is 2.47. The van der Waals surface area contributed by atoms with E-state index in [0.717, 1.165) is 25.9 Å². The van der Waals surface area contributed by atoms with E-state index in [-0.39, 0.29) is 11.2 Å². The van der Waals surface area contributed by atoms with Crippen molar-refractivity contribution in [1.29, 1.82) is 0 Å². The fourth-order valence-electron chi connectivity index (χ4n) is 1.52. The predicted molar refractivity (Wildman–Crippen MR) is 63.7 cm³/mol. The average Bonchev–Trinajstić information content (AvgIpc) is 2.28. The van der Waals surface area contributed by atoms with Crippen LogP contribution in [0.2, 0.25) is 0 Å². The van der Waals surface area contributed by atoms with E-state index in [1.165, 1.54) is 21.4 Å². The molecule has 0 atom stereocenters. The van der Waals surface area contributed by atoms with Crippen LogP contribution in [0, 0.1) is 0 Å². The van der Waals surface area contributed by atoms with Crippen molar-refractivity contribution in [2.75, 3.05) is 13.1 Å². The summed E-state index contributed by atoms with van der Waals surface area (Å²) in [5.74, 6) is 0. The lowest BCUT2D eigenvalue weighted by molar-refractivity contribution is 0.532. The highest BCUT2D eigenvalue weighted by Crippen LogP contribution is 1.89. The number of aryl methyl sites for hydroxylation is 1. The van der Waals surface area contributed by atoms with Crippen LogP contribution >= 0.6 is 0 Å². The molecule has 0 spiro atoms. The molecule has 16 heavy (non-hydrogen) atoms. The lowest BCUT2D eigenvalue weighted by Gasteiger charge is -2.06. The number of unbranched alkanes of at least 4 members (excludes halogenated alkanes) is 1. The second-order valence-corrected chi connectivity index (χ2v) is 3.76. The fourth-order valence-corrected chi connectivity index (χ4v) is 1.52. The molecule has 0 saturated carbocycles. The molecule has 0 bridgehead atoms. The molecule has 0 amide bonds. The van der Waals surface area contributed by atoms with Crippen LogP contribution < -0.4 is 16.6 Å². The van der Waals surface area contributed by atoms with Crippen molar-refractivity contribution in [2.24, 2.45) is 7.05 Å². The van der Waals surface area contributed by atoms with E-state index in [2.05, 4.69) is 12.2 Å². The van der Waals surface area contributed by atoms with E-state index < -0.39 is 0 Å². The van der Waals surface area contributed by atoms with Crippen LogP contribution in [0.1, 0.15) is 19.8 Å². The second-order valence-electron chi connectivity index (χ2n) is 3.76. The highest BCUT2D eigenvalue weighted by Gasteiger charge is 2.01. The van der Waals surface area contributed by atoms with Crippen molar-refractivity contribution in [3.8, 4) is 0 Å². The number of aromatic nitrogens is 2. The quantitative estimate of drug-likeness (QED) is 0.690. The molecular weight excluding hydrogens is 206 g/mol. The Labute approximate surface area is 94.7 Å². The smallest absolute Gasteiger partial charge is 0.317 e. The molecule has 1 heterocycles. The molecule has 1 aromatic rings. The van der Waals surface area contributed by atoms with Gasteiger partial charge in [0.1, 0.15) is 0 Å². The highest BCUT2D eigenvalue weighted by molar-refractivity contribution is 4.85. The Balaban J connectivity index is 2.57. The Kier molecular flexibility index (Phi) is 4.98. The summed E-state index contributed by atoms with van der Waals surface area (Å²) < 4.78 is 2.71. The zero-order chi connectivity index (χ0) is 12.0. The largest absolute Gasteiger partial charge is 0.330 e. The van der Waals surface area contributed by atoms with E-state index in [9.17, 15) is 9.59 Å². The minimum absolute atomic E-state index is 0.216. The topological polar surface area (TPSA) is 56.0 Å². The van der Waals surface area contributed by atoms with Crippen molar-refractivity contribution in [3.05, 3.63) is 33.1 Å². The normalized spacial score (nSPS) is 10.6. The van der Waals surface area contributed by atoms with Gasteiger partial charge in [0.2, 0.25) is 0 Å². The maximum atomic E-state index is 11.6. The molecule has 1 N–H and O–H groups in total. The standard InChI is InChI=1S/C11H19N3O2/c1-3-12-7-4-5-8-14-10(15)6-9-13(2)11(14)16/h6,9,12H,3-5,7-8H2,1-2H3. The minimum Gasteiger partial charge on any atom is -0.317 e. The molecule has 0 saturated heterocycles. The summed E-state index contributed by atoms with van der Waals surface area (Å²) in [6, 6.07) is 1.42. The van der Waals surface area contributed by atoms with Crippen LogP contribution in [0.25, 0.3) is 0 Å². The van der Waals surface area contributed by atoms with E-state index in [4.69, 9.17) is 0 Å². The maximum Gasteiger partial charge on any atom is 0.330 e. The summed E-state index contributed by atoms with van der Waals surface area (Å²) in [5, 5.41) is 3.20. The number of hydrogen-bond acceptors (Lipinski definition) is 3. The molecule has 5 nitrogen and oxygen atoms in total. The van der Waals surface area contributed by atoms with Crippen molar-refractivity contribution in [2.45, 2.75) is 26.3 Å². The first-order chi connectivity index (χ1) is 7.66. The zero-order valence-electron chi connectivity index (χ0n) is 9.90. The Hall–Kier alpha value is -1.36. The third kappa shape index (κ3) is 3.34. The van der Waals surface area contributed by atoms with Crippen LogP contribution in [0.3, 0.4) is 0 Å². The number of rotatable bonds is 6. The van der Waals surface area contributed by atoms with Gasteiger partial charge in [-0.1, -0.05) is 6.92 Å². The second kappa shape index (κ2) is 6.27. The summed E-state index contributed by atoms with van der Waals surface area (Å²) in [5.41, 5.74) is -0.456. The van der Waals surface area contributed by atoms with Crippen LogP contribution in [-0.4, -0.2) is 22.2 Å². The van der Waals surface area contributed by atoms with Crippen molar-refractivity contribution in [3.63, 3.8) is 0 Å². The molecule has 90 valence electrons. The van der Waals surface area contributed by atoms with E-state index >= 15 is 0 Å². The molecule has 1 rings (SSSR count). The molecule has 0 aliphatic heterocycles. The Morgan fingerprint density at radius 2 is 2.06 bits per heavy atom. The molecule has 0 fully saturated rings. The molecule has 5 heteroatoms. The monoisotopic (exact) mass is 225 g/mol. The third-order valence-electron chi connectivity index (χ3n) is 2.47. The van der Waals surface area contributed by atoms with Gasteiger partial charge in [0.05, 0.1) is 0 Å². The summed E-state index contributed by atoms with van der Waals surface area (Å²) in [4.78, 5) is 23.1. The van der Waals surface area contributed by atoms with Gasteiger partial charge in [0.25, 0.3) is 5.56 Å². The van der Waals surface area contributed by atoms with E-state index in [1.807, 2.05) is 0 Å². The van der Waals surface area contributed by atoms with Crippen LogP contribution in [-0.2, 0) is 13.6 Å². The highest BCUT2D eigenvalue weighted by atomic mass is 16.2. The summed E-state index contributed by atoms with van der Waals surface area (Å²) >= 11 is 0.